The number of fused-ring (bicyclic) bond motifs is 12. The van der Waals surface area contributed by atoms with Crippen molar-refractivity contribution in [1.82, 2.24) is 54.0 Å². The van der Waals surface area contributed by atoms with Gasteiger partial charge in [-0.05, 0) is 196 Å². The summed E-state index contributed by atoms with van der Waals surface area (Å²) in [6.07, 6.45) is 26.3. The number of unbranched alkanes of at least 4 members (excludes halogenated alkanes) is 1. The van der Waals surface area contributed by atoms with Gasteiger partial charge in [0, 0.05) is 137 Å². The van der Waals surface area contributed by atoms with Gasteiger partial charge < -0.3 is 58.6 Å². The van der Waals surface area contributed by atoms with Crippen molar-refractivity contribution in [3.05, 3.63) is 150 Å². The van der Waals surface area contributed by atoms with Crippen molar-refractivity contribution < 1.29 is 59.8 Å². The van der Waals surface area contributed by atoms with E-state index >= 15 is 0 Å². The Labute approximate surface area is 617 Å². The molecule has 11 N–H and O–H groups in total. The molecule has 0 saturated heterocycles. The fourth-order valence-electron chi connectivity index (χ4n) is 19.5. The standard InChI is InChI=1S/C21H20BN3O3S.C18H22BN3O3S.C18H23BN2O4S.C17H20BN3O3S/c1-29(27,14-5-3-2-4-6-14)25-21-11-20(12-21,13-21)16-9-22(26)28-17-10-24-19-15(18(16)17)7-8-23-19;1-3-6-26(2,24)22-18-9-17(10-18,11-18)13-7-19(23)25-14-8-21-16-12(15(13)14)4-5-20-16;1-2-3-6-26(23,24)11-12-7-13(8-12)15-9-19(22)25-16-10-21-18-14(17(15)16)4-5-20-18;1-3-25(2,23)21-17-8-16(9-17,10-17)12-6-18(22)24-13-7-20-15-11(14(12)13)4-5-19-15/h2-10,26H,1,11-13H2,(H,23,24)(H,25,27);4-5,7-8,23H,2-3,6,9-11H2,1H3,(H,20,21)(H,22,24);4-5,9-10,12-13,22H,2-3,6-8,11H2,1H3,(H,20,21);4-7,22H,2-3,8-10H2,1H3,(H,19,20)(H,21,23). The highest BCUT2D eigenvalue weighted by atomic mass is 32.2. The number of allylic oxidation sites excluding steroid dienone is 4. The van der Waals surface area contributed by atoms with E-state index in [4.69, 9.17) is 18.6 Å². The minimum atomic E-state index is -2.96. The number of benzene rings is 1. The van der Waals surface area contributed by atoms with Crippen molar-refractivity contribution in [2.75, 3.05) is 23.0 Å². The number of aromatic nitrogens is 8. The Kier molecular flexibility index (Phi) is 17.2. The number of nitrogens with one attached hydrogen (secondary N) is 7. The van der Waals surface area contributed by atoms with E-state index in [0.717, 1.165) is 183 Å². The van der Waals surface area contributed by atoms with Crippen molar-refractivity contribution in [3.8, 4) is 23.0 Å². The van der Waals surface area contributed by atoms with Crippen LogP contribution in [0.3, 0.4) is 0 Å². The van der Waals surface area contributed by atoms with Crippen LogP contribution in [-0.2, 0) is 39.0 Å². The van der Waals surface area contributed by atoms with Gasteiger partial charge in [0.2, 0.25) is 0 Å². The number of hydrogen-bond acceptors (Lipinski definition) is 17. The summed E-state index contributed by atoms with van der Waals surface area (Å²) in [5, 5.41) is 44.6. The SMILES string of the molecule is C=S(=O)(CC)NC12CC(C3=CB(O)Oc4cnc5[nH]ccc5c43)(C1)C2.C=S(=O)(CCC)NC12CC(C3=CB(O)Oc4cnc5[nH]ccc5c43)(C1)C2.C=S(=O)(NC12CC(C3=CB(O)Oc4cnc5[nH]ccc5c43)(C1)C2)c1ccccc1.CCCCS(=O)(=O)CC1CC(C2=CB(O)Oc3cnc4[nH]ccc4c32)C1. The fourth-order valence-corrected chi connectivity index (χ4v) is 25.9. The number of aromatic amines is 4. The van der Waals surface area contributed by atoms with Crippen LogP contribution in [-0.4, -0.2) is 167 Å². The topological polar surface area (TPSA) is 354 Å². The summed E-state index contributed by atoms with van der Waals surface area (Å²) in [6.45, 7) is 5.93. The average Bonchev–Trinajstić information content (AvgIpc) is 0.797. The zero-order valence-electron chi connectivity index (χ0n) is 59.3. The third-order valence-electron chi connectivity index (χ3n) is 23.6. The van der Waals surface area contributed by atoms with E-state index in [1.54, 1.807) is 30.8 Å². The molecule has 10 saturated carbocycles. The second kappa shape index (κ2) is 25.6. The first kappa shape index (κ1) is 71.1. The maximum atomic E-state index is 13.2. The molecule has 14 aliphatic rings. The Balaban J connectivity index is 0.000000104. The molecule has 6 bridgehead atoms. The lowest BCUT2D eigenvalue weighted by molar-refractivity contribution is -0.0920. The summed E-state index contributed by atoms with van der Waals surface area (Å²) in [6, 6.07) is 17.3. The van der Waals surface area contributed by atoms with Crippen molar-refractivity contribution in [2.24, 2.45) is 28.1 Å². The molecule has 1 aromatic carbocycles. The predicted octanol–water partition coefficient (Wildman–Crippen LogP) is 8.59. The van der Waals surface area contributed by atoms with Gasteiger partial charge in [0.15, 0.2) is 9.84 Å². The zero-order valence-corrected chi connectivity index (χ0v) is 62.6. The first-order valence-corrected chi connectivity index (χ1v) is 43.7. The van der Waals surface area contributed by atoms with Gasteiger partial charge in [-0.3, -0.25) is 8.42 Å². The highest BCUT2D eigenvalue weighted by Gasteiger charge is 2.73. The zero-order chi connectivity index (χ0) is 73.8. The van der Waals surface area contributed by atoms with Crippen molar-refractivity contribution in [2.45, 2.75) is 132 Å². The normalized spacial score (nSPS) is 28.7. The van der Waals surface area contributed by atoms with Gasteiger partial charge in [-0.2, -0.15) is 0 Å². The van der Waals surface area contributed by atoms with Gasteiger partial charge >= 0.3 is 28.5 Å². The minimum Gasteiger partial charge on any atom is -0.531 e. The van der Waals surface area contributed by atoms with Gasteiger partial charge in [-0.25, -0.2) is 46.7 Å². The van der Waals surface area contributed by atoms with Crippen LogP contribution >= 0.6 is 0 Å². The number of nitrogens with zero attached hydrogens (tertiary/aromatic N) is 4. The predicted molar refractivity (Wildman–Crippen MR) is 423 cm³/mol. The Morgan fingerprint density at radius 2 is 0.849 bits per heavy atom. The summed E-state index contributed by atoms with van der Waals surface area (Å²) < 4.78 is 94.8. The van der Waals surface area contributed by atoms with E-state index in [1.165, 1.54) is 0 Å². The molecule has 0 spiro atoms. The van der Waals surface area contributed by atoms with Crippen molar-refractivity contribution in [3.63, 3.8) is 0 Å². The van der Waals surface area contributed by atoms with E-state index in [0.29, 0.717) is 40.3 Å². The van der Waals surface area contributed by atoms with Gasteiger partial charge in [0.05, 0.1) is 46.0 Å². The maximum absolute atomic E-state index is 13.2. The first-order chi connectivity index (χ1) is 50.6. The third-order valence-corrected chi connectivity index (χ3v) is 30.9. The molecule has 23 rings (SSSR count). The molecule has 3 atom stereocenters. The fraction of sp³-hybridized carbons (Fsp3) is 0.392. The summed E-state index contributed by atoms with van der Waals surface area (Å²) in [7, 11) is -13.8. The molecule has 10 aliphatic carbocycles. The molecule has 0 amide bonds. The van der Waals surface area contributed by atoms with Crippen LogP contribution < -0.4 is 32.8 Å². The van der Waals surface area contributed by atoms with Crippen molar-refractivity contribution >= 4 is 151 Å². The molecule has 9 aromatic rings. The van der Waals surface area contributed by atoms with Gasteiger partial charge in [0.25, 0.3) is 0 Å². The number of rotatable bonds is 19. The number of H-pyrrole nitrogens is 4. The quantitative estimate of drug-likeness (QED) is 0.0266. The largest absolute Gasteiger partial charge is 0.552 e. The van der Waals surface area contributed by atoms with E-state index in [9.17, 15) is 41.1 Å². The summed E-state index contributed by atoms with van der Waals surface area (Å²) in [5.74, 6) is 23.5. The highest BCUT2D eigenvalue weighted by Crippen LogP contribution is 2.76. The van der Waals surface area contributed by atoms with Crippen LogP contribution in [0, 0.1) is 28.1 Å². The lowest BCUT2D eigenvalue weighted by atomic mass is 9.36. The van der Waals surface area contributed by atoms with Crippen LogP contribution in [0.25, 0.3) is 66.4 Å². The number of sulfone groups is 1. The summed E-state index contributed by atoms with van der Waals surface area (Å²) in [4.78, 5) is 30.7. The highest BCUT2D eigenvalue weighted by molar-refractivity contribution is 7.99. The Morgan fingerprint density at radius 3 is 1.24 bits per heavy atom. The Bertz CT molecular complexity index is 5620. The Hall–Kier alpha value is -7.87. The molecule has 106 heavy (non-hydrogen) atoms. The van der Waals surface area contributed by atoms with Gasteiger partial charge in [0.1, 0.15) is 45.6 Å². The van der Waals surface area contributed by atoms with Crippen molar-refractivity contribution in [1.29, 1.82) is 0 Å². The smallest absolute Gasteiger partial charge is 0.531 e. The molecule has 12 heterocycles. The van der Waals surface area contributed by atoms with Crippen LogP contribution in [0.15, 0.2) is 133 Å². The lowest BCUT2D eigenvalue weighted by Crippen LogP contribution is -2.75. The van der Waals surface area contributed by atoms with E-state index in [-0.39, 0.29) is 50.5 Å². The lowest BCUT2D eigenvalue weighted by Gasteiger charge is -2.72. The van der Waals surface area contributed by atoms with Crippen LogP contribution in [0.4, 0.5) is 0 Å². The summed E-state index contributed by atoms with van der Waals surface area (Å²) >= 11 is 0. The maximum Gasteiger partial charge on any atom is 0.552 e. The molecule has 550 valence electrons. The van der Waals surface area contributed by atoms with E-state index in [1.807, 2.05) is 118 Å². The molecule has 8 aromatic heterocycles. The summed E-state index contributed by atoms with van der Waals surface area (Å²) in [5.41, 5.74) is 11.4. The van der Waals surface area contributed by atoms with Crippen LogP contribution in [0.1, 0.15) is 133 Å². The monoisotopic (exact) mass is 1510 g/mol. The van der Waals surface area contributed by atoms with Gasteiger partial charge in [-0.15, -0.1) is 0 Å². The number of hydrogen-bond donors (Lipinski definition) is 11. The third kappa shape index (κ3) is 12.4. The van der Waals surface area contributed by atoms with E-state index < -0.39 is 67.4 Å². The second-order valence-electron chi connectivity index (χ2n) is 31.5. The molecule has 3 unspecified atom stereocenters. The van der Waals surface area contributed by atoms with Crippen LogP contribution in [0.5, 0.6) is 23.0 Å². The molecule has 0 radical (unpaired) electrons. The van der Waals surface area contributed by atoms with E-state index in [2.05, 4.69) is 71.6 Å². The second-order valence-corrected chi connectivity index (χ2v) is 40.4. The molecule has 10 fully saturated rings. The molecular weight excluding hydrogens is 1420 g/mol. The van der Waals surface area contributed by atoms with Crippen LogP contribution in [0.2, 0.25) is 0 Å². The molecule has 24 nitrogen and oxygen atoms in total. The molecular formula is C74H85B4N11O13S4. The molecule has 32 heteroatoms. The Morgan fingerprint density at radius 1 is 0.481 bits per heavy atom. The minimum absolute atomic E-state index is 0.0137. The average molecular weight is 1510 g/mol. The number of pyridine rings is 4. The molecule has 4 aliphatic heterocycles. The van der Waals surface area contributed by atoms with Gasteiger partial charge in [-0.1, -0.05) is 45.4 Å². The first-order valence-electron chi connectivity index (χ1n) is 36.4.